The zero-order chi connectivity index (χ0) is 12.7. The first-order valence-electron chi connectivity index (χ1n) is 5.91. The highest BCUT2D eigenvalue weighted by atomic mass is 16.5. The number of aryl methyl sites for hydroxylation is 2. The van der Waals surface area contributed by atoms with Gasteiger partial charge in [-0.2, -0.15) is 0 Å². The molecule has 0 fully saturated rings. The van der Waals surface area contributed by atoms with Gasteiger partial charge in [-0.05, 0) is 44.4 Å². The monoisotopic (exact) mass is 234 g/mol. The Labute approximate surface area is 101 Å². The van der Waals surface area contributed by atoms with Gasteiger partial charge in [0.1, 0.15) is 11.9 Å². The van der Waals surface area contributed by atoms with Crippen molar-refractivity contribution in [3.63, 3.8) is 0 Å². The van der Waals surface area contributed by atoms with E-state index in [9.17, 15) is 4.79 Å². The van der Waals surface area contributed by atoms with Crippen LogP contribution in [0.5, 0.6) is 5.75 Å². The van der Waals surface area contributed by atoms with E-state index in [1.807, 2.05) is 6.92 Å². The van der Waals surface area contributed by atoms with Crippen LogP contribution >= 0.6 is 0 Å². The summed E-state index contributed by atoms with van der Waals surface area (Å²) in [6.45, 7) is 7.85. The fourth-order valence-electron chi connectivity index (χ4n) is 2.35. The molecule has 0 radical (unpaired) electrons. The molecule has 3 nitrogen and oxygen atoms in total. The first-order valence-corrected chi connectivity index (χ1v) is 5.91. The highest BCUT2D eigenvalue weighted by molar-refractivity contribution is 5.71. The van der Waals surface area contributed by atoms with E-state index in [0.29, 0.717) is 6.42 Å². The zero-order valence-corrected chi connectivity index (χ0v) is 10.7. The molecule has 0 saturated heterocycles. The average molecular weight is 234 g/mol. The third kappa shape index (κ3) is 1.90. The van der Waals surface area contributed by atoms with E-state index in [4.69, 9.17) is 9.84 Å². The molecule has 0 bridgehead atoms. The lowest BCUT2D eigenvalue weighted by Gasteiger charge is -2.15. The summed E-state index contributed by atoms with van der Waals surface area (Å²) in [6.07, 6.45) is 0.470. The van der Waals surface area contributed by atoms with Crippen LogP contribution in [0, 0.1) is 26.7 Å². The van der Waals surface area contributed by atoms with Crippen LogP contribution in [-0.2, 0) is 11.2 Å². The van der Waals surface area contributed by atoms with Crippen LogP contribution in [0.25, 0.3) is 0 Å². The molecule has 17 heavy (non-hydrogen) atoms. The fraction of sp³-hybridized carbons (Fsp3) is 0.500. The Hall–Kier alpha value is -1.51. The molecule has 0 aliphatic carbocycles. The Kier molecular flexibility index (Phi) is 2.86. The average Bonchev–Trinajstić information content (AvgIpc) is 2.70. The van der Waals surface area contributed by atoms with Gasteiger partial charge in [-0.15, -0.1) is 0 Å². The predicted molar refractivity (Wildman–Crippen MR) is 65.6 cm³/mol. The first-order chi connectivity index (χ1) is 7.91. The maximum atomic E-state index is 11.0. The summed E-state index contributed by atoms with van der Waals surface area (Å²) >= 11 is 0. The molecule has 2 atom stereocenters. The normalized spacial score (nSPS) is 19.6. The van der Waals surface area contributed by atoms with E-state index >= 15 is 0 Å². The number of hydrogen-bond donors (Lipinski definition) is 1. The summed E-state index contributed by atoms with van der Waals surface area (Å²) in [6, 6.07) is 2.14. The molecular weight excluding hydrogens is 216 g/mol. The van der Waals surface area contributed by atoms with E-state index in [1.54, 1.807) is 6.92 Å². The van der Waals surface area contributed by atoms with Crippen molar-refractivity contribution in [2.24, 2.45) is 5.92 Å². The number of fused-ring (bicyclic) bond motifs is 1. The third-order valence-corrected chi connectivity index (χ3v) is 3.74. The number of ether oxygens (including phenoxy) is 1. The lowest BCUT2D eigenvalue weighted by atomic mass is 9.94. The van der Waals surface area contributed by atoms with Gasteiger partial charge in [0.05, 0.1) is 5.92 Å². The van der Waals surface area contributed by atoms with Crippen molar-refractivity contribution in [1.29, 1.82) is 0 Å². The second-order valence-electron chi connectivity index (χ2n) is 4.93. The van der Waals surface area contributed by atoms with Crippen molar-refractivity contribution in [1.82, 2.24) is 0 Å². The lowest BCUT2D eigenvalue weighted by Crippen LogP contribution is -2.29. The molecule has 1 aliphatic rings. The fourth-order valence-corrected chi connectivity index (χ4v) is 2.35. The predicted octanol–water partition coefficient (Wildman–Crippen LogP) is 2.64. The van der Waals surface area contributed by atoms with Gasteiger partial charge in [0.15, 0.2) is 0 Å². The SMILES string of the molecule is Cc1cc(C)c2c(c1C)OC(C(C)C(=O)O)C2. The highest BCUT2D eigenvalue weighted by Crippen LogP contribution is 2.38. The van der Waals surface area contributed by atoms with E-state index in [2.05, 4.69) is 19.9 Å². The maximum Gasteiger partial charge on any atom is 0.309 e. The number of aliphatic carboxylic acids is 1. The number of benzene rings is 1. The van der Waals surface area contributed by atoms with Crippen LogP contribution in [0.15, 0.2) is 6.07 Å². The maximum absolute atomic E-state index is 11.0. The van der Waals surface area contributed by atoms with Crippen molar-refractivity contribution in [2.75, 3.05) is 0 Å². The summed E-state index contributed by atoms with van der Waals surface area (Å²) in [5, 5.41) is 9.03. The largest absolute Gasteiger partial charge is 0.489 e. The molecule has 0 spiro atoms. The van der Waals surface area contributed by atoms with Gasteiger partial charge in [-0.3, -0.25) is 4.79 Å². The summed E-state index contributed by atoms with van der Waals surface area (Å²) in [7, 11) is 0. The quantitative estimate of drug-likeness (QED) is 0.855. The Bertz CT molecular complexity index is 477. The summed E-state index contributed by atoms with van der Waals surface area (Å²) in [5.74, 6) is -0.364. The number of rotatable bonds is 2. The molecule has 92 valence electrons. The van der Waals surface area contributed by atoms with Crippen LogP contribution in [0.1, 0.15) is 29.2 Å². The summed E-state index contributed by atoms with van der Waals surface area (Å²) < 4.78 is 5.84. The first kappa shape index (κ1) is 12.0. The molecule has 0 aromatic heterocycles. The van der Waals surface area contributed by atoms with Crippen LogP contribution in [0.2, 0.25) is 0 Å². The molecule has 1 aromatic carbocycles. The number of hydrogen-bond acceptors (Lipinski definition) is 2. The van der Waals surface area contributed by atoms with E-state index in [0.717, 1.165) is 11.3 Å². The molecule has 3 heteroatoms. The van der Waals surface area contributed by atoms with E-state index in [-0.39, 0.29) is 6.10 Å². The molecule has 1 aromatic rings. The highest BCUT2D eigenvalue weighted by Gasteiger charge is 2.33. The molecule has 2 unspecified atom stereocenters. The van der Waals surface area contributed by atoms with Crippen LogP contribution in [0.4, 0.5) is 0 Å². The minimum absolute atomic E-state index is 0.235. The second kappa shape index (κ2) is 4.06. The van der Waals surface area contributed by atoms with Gasteiger partial charge in [-0.25, -0.2) is 0 Å². The Morgan fingerprint density at radius 3 is 2.65 bits per heavy atom. The van der Waals surface area contributed by atoms with Gasteiger partial charge < -0.3 is 9.84 Å². The number of carboxylic acids is 1. The van der Waals surface area contributed by atoms with Crippen molar-refractivity contribution >= 4 is 5.97 Å². The van der Waals surface area contributed by atoms with E-state index in [1.165, 1.54) is 16.7 Å². The van der Waals surface area contributed by atoms with Crippen LogP contribution in [-0.4, -0.2) is 17.2 Å². The number of carbonyl (C=O) groups is 1. The third-order valence-electron chi connectivity index (χ3n) is 3.74. The van der Waals surface area contributed by atoms with Gasteiger partial charge in [0.2, 0.25) is 0 Å². The second-order valence-corrected chi connectivity index (χ2v) is 4.93. The minimum atomic E-state index is -0.796. The Morgan fingerprint density at radius 2 is 2.06 bits per heavy atom. The van der Waals surface area contributed by atoms with Crippen molar-refractivity contribution in [2.45, 2.75) is 40.2 Å². The van der Waals surface area contributed by atoms with Crippen molar-refractivity contribution in [3.05, 3.63) is 28.3 Å². The minimum Gasteiger partial charge on any atom is -0.489 e. The smallest absolute Gasteiger partial charge is 0.309 e. The Morgan fingerprint density at radius 1 is 1.41 bits per heavy atom. The van der Waals surface area contributed by atoms with Gasteiger partial charge in [0, 0.05) is 12.0 Å². The zero-order valence-electron chi connectivity index (χ0n) is 10.7. The topological polar surface area (TPSA) is 46.5 Å². The van der Waals surface area contributed by atoms with Gasteiger partial charge in [-0.1, -0.05) is 6.07 Å². The molecule has 0 amide bonds. The standard InChI is InChI=1S/C14H18O3/c1-7-5-8(2)11-6-12(10(4)14(15)16)17-13(11)9(7)3/h5,10,12H,6H2,1-4H3,(H,15,16). The molecular formula is C14H18O3. The van der Waals surface area contributed by atoms with E-state index < -0.39 is 11.9 Å². The molecule has 1 heterocycles. The van der Waals surface area contributed by atoms with Crippen molar-refractivity contribution in [3.8, 4) is 5.75 Å². The van der Waals surface area contributed by atoms with Gasteiger partial charge >= 0.3 is 5.97 Å². The summed E-state index contributed by atoms with van der Waals surface area (Å²) in [4.78, 5) is 11.0. The molecule has 1 aliphatic heterocycles. The Balaban J connectivity index is 2.37. The van der Waals surface area contributed by atoms with Crippen LogP contribution in [0.3, 0.4) is 0 Å². The molecule has 0 saturated carbocycles. The van der Waals surface area contributed by atoms with Crippen molar-refractivity contribution < 1.29 is 14.6 Å². The molecule has 1 N–H and O–H groups in total. The lowest BCUT2D eigenvalue weighted by molar-refractivity contribution is -0.143. The molecule has 2 rings (SSSR count). The van der Waals surface area contributed by atoms with Gasteiger partial charge in [0.25, 0.3) is 0 Å². The van der Waals surface area contributed by atoms with Crippen LogP contribution < -0.4 is 4.74 Å². The summed E-state index contributed by atoms with van der Waals surface area (Å²) in [5.41, 5.74) is 4.70. The number of carboxylic acid groups (broad SMARTS) is 1.